The zero-order valence-corrected chi connectivity index (χ0v) is 19.3. The average Bonchev–Trinajstić information content (AvgIpc) is 3.01. The zero-order valence-electron chi connectivity index (χ0n) is 18.6. The molecular weight excluding hydrogens is 384 g/mol. The van der Waals surface area contributed by atoms with Crippen molar-refractivity contribution in [3.05, 3.63) is 29.3 Å². The van der Waals surface area contributed by atoms with Crippen molar-refractivity contribution >= 4 is 40.6 Å². The summed E-state index contributed by atoms with van der Waals surface area (Å²) in [6.07, 6.45) is 1.02. The van der Waals surface area contributed by atoms with E-state index in [2.05, 4.69) is 61.7 Å². The van der Waals surface area contributed by atoms with Crippen molar-refractivity contribution in [2.24, 2.45) is 5.92 Å². The Bertz CT molecular complexity index is 853. The van der Waals surface area contributed by atoms with E-state index in [1.54, 1.807) is 0 Å². The molecule has 0 saturated heterocycles. The van der Waals surface area contributed by atoms with E-state index in [1.165, 1.54) is 0 Å². The van der Waals surface area contributed by atoms with Crippen LogP contribution in [0.15, 0.2) is 24.3 Å². The van der Waals surface area contributed by atoms with Crippen molar-refractivity contribution in [2.75, 3.05) is 40.8 Å². The highest BCUT2D eigenvalue weighted by Crippen LogP contribution is 2.43. The summed E-state index contributed by atoms with van der Waals surface area (Å²) in [7, 11) is 4.12. The summed E-state index contributed by atoms with van der Waals surface area (Å²) < 4.78 is 0. The fourth-order valence-electron chi connectivity index (χ4n) is 3.76. The Balaban J connectivity index is 2.12. The van der Waals surface area contributed by atoms with Crippen LogP contribution in [0.2, 0.25) is 5.02 Å². The Morgan fingerprint density at radius 1 is 1.21 bits per heavy atom. The van der Waals surface area contributed by atoms with Crippen molar-refractivity contribution in [3.63, 3.8) is 0 Å². The molecule has 0 saturated carbocycles. The predicted octanol–water partition coefficient (Wildman–Crippen LogP) is 5.37. The highest BCUT2D eigenvalue weighted by Gasteiger charge is 2.33. The molecule has 0 aliphatic carbocycles. The first kappa shape index (κ1) is 21.5. The number of anilines is 5. The number of rotatable bonds is 7. The molecule has 0 amide bonds. The predicted molar refractivity (Wildman–Crippen MR) is 125 cm³/mol. The van der Waals surface area contributed by atoms with Gasteiger partial charge in [-0.15, -0.1) is 0 Å². The smallest absolute Gasteiger partial charge is 0.227 e. The van der Waals surface area contributed by atoms with Gasteiger partial charge in [0.25, 0.3) is 0 Å². The Labute approximate surface area is 179 Å². The highest BCUT2D eigenvalue weighted by atomic mass is 35.5. The second-order valence-electron chi connectivity index (χ2n) is 8.39. The normalized spacial score (nSPS) is 14.6. The summed E-state index contributed by atoms with van der Waals surface area (Å²) in [5.74, 6) is 3.02. The minimum atomic E-state index is 0.323. The molecular formula is C22H33ClN6. The molecule has 1 aromatic carbocycles. The van der Waals surface area contributed by atoms with E-state index in [0.717, 1.165) is 36.1 Å². The molecule has 1 aromatic heterocycles. The second-order valence-corrected chi connectivity index (χ2v) is 8.82. The molecule has 0 fully saturated rings. The minimum Gasteiger partial charge on any atom is -0.351 e. The van der Waals surface area contributed by atoms with Gasteiger partial charge in [0.05, 0.1) is 6.67 Å². The van der Waals surface area contributed by atoms with Crippen LogP contribution in [-0.2, 0) is 0 Å². The molecule has 29 heavy (non-hydrogen) atoms. The van der Waals surface area contributed by atoms with Crippen LogP contribution in [0.4, 0.5) is 29.0 Å². The van der Waals surface area contributed by atoms with Crippen LogP contribution < -0.4 is 20.0 Å². The van der Waals surface area contributed by atoms with Gasteiger partial charge in [-0.25, -0.2) is 0 Å². The number of halogens is 1. The Kier molecular flexibility index (Phi) is 6.42. The van der Waals surface area contributed by atoms with Gasteiger partial charge in [0.2, 0.25) is 5.95 Å². The van der Waals surface area contributed by atoms with Crippen molar-refractivity contribution in [3.8, 4) is 0 Å². The standard InChI is InChI=1S/C22H33ClN6/c1-8-18(14(2)3)24-22-25-20(28(7)17-11-9-10-16(23)12-17)19-21(26-22)29(15(4)5)13-27(19)6/h9-12,14-15,18H,8,13H2,1-7H3,(H,24,25,26). The summed E-state index contributed by atoms with van der Waals surface area (Å²) in [4.78, 5) is 16.5. The topological polar surface area (TPSA) is 47.5 Å². The first-order valence-corrected chi connectivity index (χ1v) is 10.8. The van der Waals surface area contributed by atoms with Gasteiger partial charge in [-0.1, -0.05) is 38.4 Å². The third kappa shape index (κ3) is 4.37. The molecule has 1 aliphatic rings. The van der Waals surface area contributed by atoms with Crippen LogP contribution in [0.5, 0.6) is 0 Å². The molecule has 1 aliphatic heterocycles. The minimum absolute atomic E-state index is 0.323. The molecule has 6 nitrogen and oxygen atoms in total. The maximum atomic E-state index is 6.25. The van der Waals surface area contributed by atoms with Gasteiger partial charge in [0, 0.05) is 36.9 Å². The fourth-order valence-corrected chi connectivity index (χ4v) is 3.94. The molecule has 2 heterocycles. The van der Waals surface area contributed by atoms with Crippen LogP contribution in [0.3, 0.4) is 0 Å². The third-order valence-electron chi connectivity index (χ3n) is 5.56. The molecule has 1 unspecified atom stereocenters. The maximum Gasteiger partial charge on any atom is 0.227 e. The largest absolute Gasteiger partial charge is 0.351 e. The number of nitrogens with zero attached hydrogens (tertiary/aromatic N) is 5. The molecule has 1 atom stereocenters. The monoisotopic (exact) mass is 416 g/mol. The van der Waals surface area contributed by atoms with Crippen molar-refractivity contribution in [1.29, 1.82) is 0 Å². The molecule has 2 aromatic rings. The van der Waals surface area contributed by atoms with Crippen LogP contribution in [0.1, 0.15) is 41.0 Å². The van der Waals surface area contributed by atoms with Crippen LogP contribution >= 0.6 is 11.6 Å². The van der Waals surface area contributed by atoms with Gasteiger partial charge in [0.15, 0.2) is 11.6 Å². The van der Waals surface area contributed by atoms with Crippen LogP contribution in [-0.4, -0.2) is 42.8 Å². The quantitative estimate of drug-likeness (QED) is 0.655. The lowest BCUT2D eigenvalue weighted by Crippen LogP contribution is -2.34. The van der Waals surface area contributed by atoms with E-state index in [4.69, 9.17) is 21.6 Å². The van der Waals surface area contributed by atoms with Gasteiger partial charge in [0.1, 0.15) is 5.69 Å². The summed E-state index contributed by atoms with van der Waals surface area (Å²) in [6, 6.07) is 8.52. The lowest BCUT2D eigenvalue weighted by Gasteiger charge is -2.26. The molecule has 158 valence electrons. The first-order valence-electron chi connectivity index (χ1n) is 10.4. The van der Waals surface area contributed by atoms with Crippen LogP contribution in [0.25, 0.3) is 0 Å². The highest BCUT2D eigenvalue weighted by molar-refractivity contribution is 6.30. The summed E-state index contributed by atoms with van der Waals surface area (Å²) >= 11 is 6.25. The number of hydrogen-bond acceptors (Lipinski definition) is 6. The molecule has 3 rings (SSSR count). The Hall–Kier alpha value is -2.21. The number of fused-ring (bicyclic) bond motifs is 1. The fraction of sp³-hybridized carbons (Fsp3) is 0.545. The molecule has 0 radical (unpaired) electrons. The lowest BCUT2D eigenvalue weighted by molar-refractivity contribution is 0.508. The summed E-state index contributed by atoms with van der Waals surface area (Å²) in [5, 5.41) is 4.28. The molecule has 0 bridgehead atoms. The summed E-state index contributed by atoms with van der Waals surface area (Å²) in [5.41, 5.74) is 2.04. The number of hydrogen-bond donors (Lipinski definition) is 1. The summed E-state index contributed by atoms with van der Waals surface area (Å²) in [6.45, 7) is 11.8. The number of nitrogens with one attached hydrogen (secondary N) is 1. The lowest BCUT2D eigenvalue weighted by atomic mass is 10.0. The third-order valence-corrected chi connectivity index (χ3v) is 5.80. The van der Waals surface area contributed by atoms with Crippen molar-refractivity contribution in [2.45, 2.75) is 53.1 Å². The SMILES string of the molecule is CCC(Nc1nc(N(C)c2cccc(Cl)c2)c2c(n1)N(C(C)C)CN2C)C(C)C. The van der Waals surface area contributed by atoms with Gasteiger partial charge < -0.3 is 20.0 Å². The van der Waals surface area contributed by atoms with Crippen LogP contribution in [0, 0.1) is 5.92 Å². The van der Waals surface area contributed by atoms with Gasteiger partial charge in [-0.2, -0.15) is 9.97 Å². The Morgan fingerprint density at radius 2 is 1.93 bits per heavy atom. The van der Waals surface area contributed by atoms with E-state index >= 15 is 0 Å². The van der Waals surface area contributed by atoms with E-state index < -0.39 is 0 Å². The first-order chi connectivity index (χ1) is 13.7. The Morgan fingerprint density at radius 3 is 2.52 bits per heavy atom. The van der Waals surface area contributed by atoms with Crippen molar-refractivity contribution < 1.29 is 0 Å². The van der Waals surface area contributed by atoms with Crippen molar-refractivity contribution in [1.82, 2.24) is 9.97 Å². The average molecular weight is 417 g/mol. The maximum absolute atomic E-state index is 6.25. The molecule has 7 heteroatoms. The van der Waals surface area contributed by atoms with E-state index in [0.29, 0.717) is 29.0 Å². The van der Waals surface area contributed by atoms with E-state index in [1.807, 2.05) is 31.3 Å². The number of aromatic nitrogens is 2. The van der Waals surface area contributed by atoms with E-state index in [-0.39, 0.29) is 0 Å². The van der Waals surface area contributed by atoms with Gasteiger partial charge in [-0.3, -0.25) is 0 Å². The molecule has 0 spiro atoms. The van der Waals surface area contributed by atoms with Gasteiger partial charge in [-0.05, 0) is 44.4 Å². The van der Waals surface area contributed by atoms with E-state index in [9.17, 15) is 0 Å². The molecule has 1 N–H and O–H groups in total. The second kappa shape index (κ2) is 8.66. The number of benzene rings is 1. The zero-order chi connectivity index (χ0) is 21.3. The van der Waals surface area contributed by atoms with Gasteiger partial charge >= 0.3 is 0 Å².